The lowest BCUT2D eigenvalue weighted by molar-refractivity contribution is -0.131. The van der Waals surface area contributed by atoms with Crippen LogP contribution in [0.25, 0.3) is 0 Å². The molecule has 28 heavy (non-hydrogen) atoms. The maximum atomic E-state index is 12.6. The molecule has 2 aliphatic heterocycles. The van der Waals surface area contributed by atoms with Crippen LogP contribution >= 0.6 is 11.3 Å². The number of morpholine rings is 1. The number of nitrogens with one attached hydrogen (secondary N) is 2. The van der Waals surface area contributed by atoms with Gasteiger partial charge in [0.2, 0.25) is 5.91 Å². The van der Waals surface area contributed by atoms with Gasteiger partial charge in [-0.25, -0.2) is 0 Å². The first kappa shape index (κ1) is 21.1. The van der Waals surface area contributed by atoms with Crippen LogP contribution in [-0.2, 0) is 22.5 Å². The first-order chi connectivity index (χ1) is 13.7. The number of hydrogen-bond donors (Lipinski definition) is 2. The second-order valence-electron chi connectivity index (χ2n) is 7.33. The van der Waals surface area contributed by atoms with E-state index in [0.29, 0.717) is 19.0 Å². The van der Waals surface area contributed by atoms with E-state index in [9.17, 15) is 4.79 Å². The highest BCUT2D eigenvalue weighted by Gasteiger charge is 2.21. The minimum Gasteiger partial charge on any atom is -0.379 e. The molecule has 3 heterocycles. The largest absolute Gasteiger partial charge is 0.379 e. The van der Waals surface area contributed by atoms with Crippen molar-refractivity contribution in [1.82, 2.24) is 20.4 Å². The average molecular weight is 408 g/mol. The third-order valence-electron chi connectivity index (χ3n) is 5.32. The van der Waals surface area contributed by atoms with Crippen LogP contribution in [-0.4, -0.2) is 80.2 Å². The minimum atomic E-state index is 0.210. The smallest absolute Gasteiger partial charge is 0.224 e. The van der Waals surface area contributed by atoms with Crippen molar-refractivity contribution in [2.75, 3.05) is 52.5 Å². The maximum Gasteiger partial charge on any atom is 0.224 e. The molecule has 2 aliphatic rings. The van der Waals surface area contributed by atoms with Crippen LogP contribution in [0.3, 0.4) is 0 Å². The molecule has 0 radical (unpaired) electrons. The normalized spacial score (nSPS) is 19.2. The zero-order valence-corrected chi connectivity index (χ0v) is 17.9. The summed E-state index contributed by atoms with van der Waals surface area (Å²) in [5.74, 6) is 0.996. The molecule has 8 heteroatoms. The molecular weight excluding hydrogens is 374 g/mol. The van der Waals surface area contributed by atoms with Crippen molar-refractivity contribution in [2.24, 2.45) is 4.99 Å². The number of thiophene rings is 1. The molecule has 1 saturated heterocycles. The molecule has 0 spiro atoms. The fourth-order valence-electron chi connectivity index (χ4n) is 3.61. The number of hydrogen-bond acceptors (Lipinski definition) is 5. The first-order valence-corrected chi connectivity index (χ1v) is 11.2. The van der Waals surface area contributed by atoms with Crippen LogP contribution in [0.15, 0.2) is 16.4 Å². The molecule has 1 unspecified atom stereocenters. The summed E-state index contributed by atoms with van der Waals surface area (Å²) in [4.78, 5) is 23.1. The van der Waals surface area contributed by atoms with Gasteiger partial charge in [0.25, 0.3) is 0 Å². The Morgan fingerprint density at radius 2 is 2.14 bits per heavy atom. The lowest BCUT2D eigenvalue weighted by Gasteiger charge is -2.31. The fraction of sp³-hybridized carbons (Fsp3) is 0.700. The first-order valence-electron chi connectivity index (χ1n) is 10.3. The number of amides is 1. The van der Waals surface area contributed by atoms with Crippen LogP contribution in [0.2, 0.25) is 0 Å². The average Bonchev–Trinajstić information content (AvgIpc) is 3.20. The van der Waals surface area contributed by atoms with Crippen molar-refractivity contribution in [3.8, 4) is 0 Å². The summed E-state index contributed by atoms with van der Waals surface area (Å²) in [7, 11) is 0. The van der Waals surface area contributed by atoms with E-state index < -0.39 is 0 Å². The Labute approximate surface area is 172 Å². The third kappa shape index (κ3) is 5.93. The summed E-state index contributed by atoms with van der Waals surface area (Å²) in [5.41, 5.74) is 1.31. The predicted octanol–water partition coefficient (Wildman–Crippen LogP) is 1.30. The molecule has 1 aromatic heterocycles. The van der Waals surface area contributed by atoms with Gasteiger partial charge in [0, 0.05) is 56.6 Å². The van der Waals surface area contributed by atoms with Crippen molar-refractivity contribution in [1.29, 1.82) is 0 Å². The molecule has 0 aliphatic carbocycles. The second-order valence-corrected chi connectivity index (χ2v) is 8.33. The van der Waals surface area contributed by atoms with E-state index in [1.54, 1.807) is 11.3 Å². The van der Waals surface area contributed by atoms with Gasteiger partial charge in [0.05, 0.1) is 19.8 Å². The van der Waals surface area contributed by atoms with Gasteiger partial charge in [-0.05, 0) is 37.3 Å². The van der Waals surface area contributed by atoms with E-state index in [4.69, 9.17) is 9.73 Å². The van der Waals surface area contributed by atoms with E-state index in [0.717, 1.165) is 64.9 Å². The number of carbonyl (C=O) groups excluding carboxylic acids is 1. The summed E-state index contributed by atoms with van der Waals surface area (Å²) in [6.45, 7) is 11.5. The number of ether oxygens (including phenoxy) is 1. The molecule has 3 rings (SSSR count). The summed E-state index contributed by atoms with van der Waals surface area (Å²) in [6, 6.07) is 2.53. The number of carbonyl (C=O) groups is 1. The Morgan fingerprint density at radius 3 is 2.93 bits per heavy atom. The number of guanidine groups is 1. The number of rotatable bonds is 7. The Balaban J connectivity index is 1.42. The summed E-state index contributed by atoms with van der Waals surface area (Å²) in [5, 5.41) is 8.71. The molecule has 1 fully saturated rings. The zero-order chi connectivity index (χ0) is 19.8. The number of nitrogens with zero attached hydrogens (tertiary/aromatic N) is 3. The van der Waals surface area contributed by atoms with E-state index in [-0.39, 0.29) is 5.91 Å². The molecule has 0 bridgehead atoms. The standard InChI is InChI=1S/C20H33N5O2S/c1-3-21-20(23-14-16(2)24-9-11-27-12-10-24)22-7-4-19(26)25-8-5-18-17(15-25)6-13-28-18/h6,13,16H,3-5,7-12,14-15H2,1-2H3,(H2,21,22,23). The van der Waals surface area contributed by atoms with Crippen LogP contribution in [0.4, 0.5) is 0 Å². The lowest BCUT2D eigenvalue weighted by Crippen LogP contribution is -2.45. The van der Waals surface area contributed by atoms with Gasteiger partial charge in [-0.3, -0.25) is 14.7 Å². The summed E-state index contributed by atoms with van der Waals surface area (Å²) < 4.78 is 5.42. The lowest BCUT2D eigenvalue weighted by atomic mass is 10.1. The Bertz CT molecular complexity index is 657. The molecule has 156 valence electrons. The van der Waals surface area contributed by atoms with E-state index >= 15 is 0 Å². The van der Waals surface area contributed by atoms with Crippen LogP contribution in [0.1, 0.15) is 30.7 Å². The van der Waals surface area contributed by atoms with Crippen LogP contribution < -0.4 is 10.6 Å². The molecule has 1 amide bonds. The maximum absolute atomic E-state index is 12.6. The summed E-state index contributed by atoms with van der Waals surface area (Å²) >= 11 is 1.80. The molecule has 0 saturated carbocycles. The van der Waals surface area contributed by atoms with Gasteiger partial charge >= 0.3 is 0 Å². The van der Waals surface area contributed by atoms with Crippen LogP contribution in [0, 0.1) is 0 Å². The Kier molecular flexibility index (Phi) is 8.12. The highest BCUT2D eigenvalue weighted by atomic mass is 32.1. The van der Waals surface area contributed by atoms with Gasteiger partial charge in [0.1, 0.15) is 0 Å². The Morgan fingerprint density at radius 1 is 1.32 bits per heavy atom. The molecule has 1 aromatic rings. The SMILES string of the molecule is CCNC(=NCC(C)N1CCOCC1)NCCC(=O)N1CCc2sccc2C1. The topological polar surface area (TPSA) is 69.2 Å². The van der Waals surface area contributed by atoms with Crippen molar-refractivity contribution in [2.45, 2.75) is 39.3 Å². The van der Waals surface area contributed by atoms with Crippen molar-refractivity contribution < 1.29 is 9.53 Å². The summed E-state index contributed by atoms with van der Waals surface area (Å²) in [6.07, 6.45) is 1.47. The highest BCUT2D eigenvalue weighted by molar-refractivity contribution is 7.10. The van der Waals surface area contributed by atoms with Crippen molar-refractivity contribution >= 4 is 23.2 Å². The van der Waals surface area contributed by atoms with Gasteiger partial charge in [-0.1, -0.05) is 0 Å². The Hall–Kier alpha value is -1.64. The molecule has 1 atom stereocenters. The van der Waals surface area contributed by atoms with Gasteiger partial charge in [-0.15, -0.1) is 11.3 Å². The minimum absolute atomic E-state index is 0.210. The fourth-order valence-corrected chi connectivity index (χ4v) is 4.50. The molecule has 7 nitrogen and oxygen atoms in total. The highest BCUT2D eigenvalue weighted by Crippen LogP contribution is 2.24. The van der Waals surface area contributed by atoms with E-state index in [1.807, 2.05) is 4.90 Å². The van der Waals surface area contributed by atoms with Gasteiger partial charge in [-0.2, -0.15) is 0 Å². The molecule has 0 aromatic carbocycles. The van der Waals surface area contributed by atoms with E-state index in [1.165, 1.54) is 10.4 Å². The third-order valence-corrected chi connectivity index (χ3v) is 6.34. The molecule has 2 N–H and O–H groups in total. The zero-order valence-electron chi connectivity index (χ0n) is 17.1. The molecular formula is C20H33N5O2S. The van der Waals surface area contributed by atoms with Crippen molar-refractivity contribution in [3.63, 3.8) is 0 Å². The van der Waals surface area contributed by atoms with Gasteiger partial charge < -0.3 is 20.3 Å². The predicted molar refractivity (Wildman–Crippen MR) is 114 cm³/mol. The van der Waals surface area contributed by atoms with E-state index in [2.05, 4.69) is 40.8 Å². The quantitative estimate of drug-likeness (QED) is 0.527. The monoisotopic (exact) mass is 407 g/mol. The second kappa shape index (κ2) is 10.8. The van der Waals surface area contributed by atoms with Gasteiger partial charge in [0.15, 0.2) is 5.96 Å². The van der Waals surface area contributed by atoms with Crippen LogP contribution in [0.5, 0.6) is 0 Å². The van der Waals surface area contributed by atoms with Crippen molar-refractivity contribution in [3.05, 3.63) is 21.9 Å². The number of fused-ring (bicyclic) bond motifs is 1. The number of aliphatic imine (C=N–C) groups is 1.